The molecule has 0 saturated carbocycles. The summed E-state index contributed by atoms with van der Waals surface area (Å²) in [5.41, 5.74) is 0. The maximum absolute atomic E-state index is 11.9. The zero-order valence-electron chi connectivity index (χ0n) is 9.80. The Bertz CT molecular complexity index is 436. The number of carboxylic acid groups (broad SMARTS) is 1. The van der Waals surface area contributed by atoms with E-state index in [4.69, 9.17) is 5.11 Å². The third-order valence-corrected chi connectivity index (χ3v) is 4.66. The van der Waals surface area contributed by atoms with Gasteiger partial charge in [-0.1, -0.05) is 0 Å². The number of aliphatic hydroxyl groups is 1. The van der Waals surface area contributed by atoms with Crippen LogP contribution in [0.15, 0.2) is 0 Å². The van der Waals surface area contributed by atoms with Gasteiger partial charge in [0.2, 0.25) is 10.0 Å². The summed E-state index contributed by atoms with van der Waals surface area (Å²) in [4.78, 5) is 10.8. The van der Waals surface area contributed by atoms with E-state index < -0.39 is 59.5 Å². The third kappa shape index (κ3) is 4.62. The molecule has 0 bridgehead atoms. The van der Waals surface area contributed by atoms with Crippen LogP contribution in [0.4, 0.5) is 13.2 Å². The monoisotopic (exact) mass is 305 g/mol. The van der Waals surface area contributed by atoms with E-state index in [1.165, 1.54) is 0 Å². The number of carboxylic acids is 1. The normalized spacial score (nSPS) is 25.7. The Morgan fingerprint density at radius 1 is 1.37 bits per heavy atom. The molecule has 6 nitrogen and oxygen atoms in total. The fourth-order valence-electron chi connectivity index (χ4n) is 1.89. The highest BCUT2D eigenvalue weighted by atomic mass is 32.2. The van der Waals surface area contributed by atoms with Crippen molar-refractivity contribution in [2.24, 2.45) is 0 Å². The SMILES string of the molecule is O=C(O)[C@H]1C[C@@H](O)CN1S(=O)(=O)CCCC(F)(F)F. The topological polar surface area (TPSA) is 94.9 Å². The smallest absolute Gasteiger partial charge is 0.389 e. The highest BCUT2D eigenvalue weighted by molar-refractivity contribution is 7.89. The van der Waals surface area contributed by atoms with Gasteiger partial charge in [-0.25, -0.2) is 8.42 Å². The van der Waals surface area contributed by atoms with Gasteiger partial charge in [0.1, 0.15) is 6.04 Å². The van der Waals surface area contributed by atoms with Gasteiger partial charge in [0.15, 0.2) is 0 Å². The number of rotatable bonds is 5. The van der Waals surface area contributed by atoms with E-state index >= 15 is 0 Å². The summed E-state index contributed by atoms with van der Waals surface area (Å²) >= 11 is 0. The number of hydrogen-bond acceptors (Lipinski definition) is 4. The molecule has 1 heterocycles. The van der Waals surface area contributed by atoms with Crippen LogP contribution in [0.5, 0.6) is 0 Å². The van der Waals surface area contributed by atoms with Crippen molar-refractivity contribution in [3.63, 3.8) is 0 Å². The lowest BCUT2D eigenvalue weighted by molar-refractivity contribution is -0.141. The Kier molecular flexibility index (Phi) is 4.80. The van der Waals surface area contributed by atoms with Gasteiger partial charge in [-0.15, -0.1) is 0 Å². The van der Waals surface area contributed by atoms with Gasteiger partial charge in [-0.3, -0.25) is 4.79 Å². The van der Waals surface area contributed by atoms with Crippen molar-refractivity contribution in [1.29, 1.82) is 0 Å². The molecule has 0 aromatic carbocycles. The minimum atomic E-state index is -4.45. The molecular weight excluding hydrogens is 291 g/mol. The number of aliphatic carboxylic acids is 1. The van der Waals surface area contributed by atoms with E-state index in [0.29, 0.717) is 4.31 Å². The van der Waals surface area contributed by atoms with Crippen molar-refractivity contribution in [3.05, 3.63) is 0 Å². The first kappa shape index (κ1) is 16.2. The van der Waals surface area contributed by atoms with Crippen LogP contribution in [-0.2, 0) is 14.8 Å². The van der Waals surface area contributed by atoms with Crippen molar-refractivity contribution in [3.8, 4) is 0 Å². The molecule has 2 atom stereocenters. The number of halogens is 3. The lowest BCUT2D eigenvalue weighted by atomic mass is 10.2. The van der Waals surface area contributed by atoms with Gasteiger partial charge in [0, 0.05) is 19.4 Å². The molecule has 0 aromatic heterocycles. The zero-order chi connectivity index (χ0) is 14.8. The summed E-state index contributed by atoms with van der Waals surface area (Å²) in [5.74, 6) is -2.21. The summed E-state index contributed by atoms with van der Waals surface area (Å²) in [6.07, 6.45) is -7.70. The van der Waals surface area contributed by atoms with Gasteiger partial charge in [-0.05, 0) is 6.42 Å². The van der Waals surface area contributed by atoms with Crippen LogP contribution >= 0.6 is 0 Å². The fraction of sp³-hybridized carbons (Fsp3) is 0.889. The summed E-state index contributed by atoms with van der Waals surface area (Å²) in [6.45, 7) is -0.398. The van der Waals surface area contributed by atoms with E-state index in [0.717, 1.165) is 0 Å². The Morgan fingerprint density at radius 3 is 2.42 bits per heavy atom. The Balaban J connectivity index is 2.68. The molecule has 1 rings (SSSR count). The van der Waals surface area contributed by atoms with Gasteiger partial charge in [0.05, 0.1) is 11.9 Å². The maximum Gasteiger partial charge on any atom is 0.389 e. The van der Waals surface area contributed by atoms with Gasteiger partial charge in [0.25, 0.3) is 0 Å². The van der Waals surface area contributed by atoms with Crippen LogP contribution in [-0.4, -0.2) is 59.5 Å². The summed E-state index contributed by atoms with van der Waals surface area (Å²) < 4.78 is 59.9. The second kappa shape index (κ2) is 5.63. The van der Waals surface area contributed by atoms with Gasteiger partial charge < -0.3 is 10.2 Å². The zero-order valence-corrected chi connectivity index (χ0v) is 10.6. The minimum Gasteiger partial charge on any atom is -0.480 e. The average Bonchev–Trinajstić information content (AvgIpc) is 2.58. The summed E-state index contributed by atoms with van der Waals surface area (Å²) in [7, 11) is -4.12. The second-order valence-electron chi connectivity index (χ2n) is 4.35. The number of alkyl halides is 3. The summed E-state index contributed by atoms with van der Waals surface area (Å²) in [6, 6.07) is -1.41. The van der Waals surface area contributed by atoms with E-state index in [9.17, 15) is 31.5 Å². The lowest BCUT2D eigenvalue weighted by Crippen LogP contribution is -2.41. The van der Waals surface area contributed by atoms with Crippen LogP contribution in [0.25, 0.3) is 0 Å². The predicted octanol–water partition coefficient (Wildman–Crippen LogP) is 0.179. The molecule has 1 aliphatic rings. The molecule has 1 aliphatic heterocycles. The molecule has 10 heteroatoms. The first-order valence-corrected chi connectivity index (χ1v) is 7.11. The Labute approximate surface area is 107 Å². The molecular formula is C9H14F3NO5S. The van der Waals surface area contributed by atoms with Crippen molar-refractivity contribution in [2.75, 3.05) is 12.3 Å². The number of aliphatic hydroxyl groups excluding tert-OH is 1. The van der Waals surface area contributed by atoms with E-state index in [1.54, 1.807) is 0 Å². The molecule has 0 unspecified atom stereocenters. The molecule has 112 valence electrons. The minimum absolute atomic E-state index is 0.256. The molecule has 2 N–H and O–H groups in total. The first-order chi connectivity index (χ1) is 8.53. The van der Waals surface area contributed by atoms with Crippen LogP contribution in [0.3, 0.4) is 0 Å². The van der Waals surface area contributed by atoms with Crippen molar-refractivity contribution in [2.45, 2.75) is 37.6 Å². The molecule has 0 aromatic rings. The van der Waals surface area contributed by atoms with Crippen LogP contribution in [0.1, 0.15) is 19.3 Å². The number of carbonyl (C=O) groups is 1. The third-order valence-electron chi connectivity index (χ3n) is 2.74. The van der Waals surface area contributed by atoms with E-state index in [-0.39, 0.29) is 6.42 Å². The van der Waals surface area contributed by atoms with Crippen molar-refractivity contribution in [1.82, 2.24) is 4.31 Å². The maximum atomic E-state index is 11.9. The number of hydrogen-bond donors (Lipinski definition) is 2. The molecule has 1 fully saturated rings. The summed E-state index contributed by atoms with van der Waals surface area (Å²) in [5, 5.41) is 18.1. The lowest BCUT2D eigenvalue weighted by Gasteiger charge is -2.20. The molecule has 0 aliphatic carbocycles. The van der Waals surface area contributed by atoms with Gasteiger partial charge in [-0.2, -0.15) is 17.5 Å². The van der Waals surface area contributed by atoms with Crippen molar-refractivity contribution >= 4 is 16.0 Å². The highest BCUT2D eigenvalue weighted by Gasteiger charge is 2.42. The fourth-order valence-corrected chi connectivity index (χ4v) is 3.60. The van der Waals surface area contributed by atoms with Gasteiger partial charge >= 0.3 is 12.1 Å². The van der Waals surface area contributed by atoms with Crippen LogP contribution < -0.4 is 0 Å². The number of β-amino-alcohol motifs (C(OH)–C–C–N with tert-alkyl or cyclic N) is 1. The largest absolute Gasteiger partial charge is 0.480 e. The Hall–Kier alpha value is -0.870. The molecule has 1 saturated heterocycles. The molecule has 19 heavy (non-hydrogen) atoms. The predicted molar refractivity (Wildman–Crippen MR) is 57.8 cm³/mol. The van der Waals surface area contributed by atoms with Crippen LogP contribution in [0, 0.1) is 0 Å². The first-order valence-electron chi connectivity index (χ1n) is 5.50. The molecule has 0 spiro atoms. The van der Waals surface area contributed by atoms with E-state index in [2.05, 4.69) is 0 Å². The molecule has 0 amide bonds. The highest BCUT2D eigenvalue weighted by Crippen LogP contribution is 2.25. The quantitative estimate of drug-likeness (QED) is 0.755. The number of sulfonamides is 1. The Morgan fingerprint density at radius 2 is 1.95 bits per heavy atom. The number of nitrogens with zero attached hydrogens (tertiary/aromatic N) is 1. The standard InChI is InChI=1S/C9H14F3NO5S/c10-9(11,12)2-1-3-19(17,18)13-5-6(14)4-7(13)8(15)16/h6-7,14H,1-5H2,(H,15,16)/t6-,7-/m1/s1. The van der Waals surface area contributed by atoms with E-state index in [1.807, 2.05) is 0 Å². The second-order valence-corrected chi connectivity index (χ2v) is 6.39. The van der Waals surface area contributed by atoms with Crippen molar-refractivity contribution < 1.29 is 36.6 Å². The van der Waals surface area contributed by atoms with Crippen LogP contribution in [0.2, 0.25) is 0 Å². The molecule has 0 radical (unpaired) electrons. The average molecular weight is 305 g/mol.